The fraction of sp³-hybridized carbons (Fsp3) is 0.385. The number of hydrogen-bond acceptors (Lipinski definition) is 4. The third-order valence-corrected chi connectivity index (χ3v) is 3.42. The van der Waals surface area contributed by atoms with Crippen molar-refractivity contribution in [1.29, 1.82) is 0 Å². The van der Waals surface area contributed by atoms with Crippen LogP contribution in [0.25, 0.3) is 10.9 Å². The van der Waals surface area contributed by atoms with Gasteiger partial charge in [0, 0.05) is 20.3 Å². The summed E-state index contributed by atoms with van der Waals surface area (Å²) in [6.45, 7) is 1.29. The Balaban J connectivity index is 2.49. The summed E-state index contributed by atoms with van der Waals surface area (Å²) in [5, 5.41) is 1.43. The lowest BCUT2D eigenvalue weighted by molar-refractivity contribution is 0.189. The predicted molar refractivity (Wildman–Crippen MR) is 74.3 cm³/mol. The van der Waals surface area contributed by atoms with Gasteiger partial charge in [-0.3, -0.25) is 9.36 Å². The van der Waals surface area contributed by atoms with E-state index in [9.17, 15) is 4.79 Å². The van der Waals surface area contributed by atoms with Crippen molar-refractivity contribution in [2.75, 3.05) is 20.0 Å². The predicted octanol–water partition coefficient (Wildman–Crippen LogP) is 2.15. The first-order chi connectivity index (χ1) is 8.77. The van der Waals surface area contributed by atoms with Gasteiger partial charge in [0.25, 0.3) is 5.56 Å². The van der Waals surface area contributed by atoms with Gasteiger partial charge in [-0.2, -0.15) is 0 Å². The van der Waals surface area contributed by atoms with E-state index in [1.165, 1.54) is 11.8 Å². The summed E-state index contributed by atoms with van der Waals surface area (Å²) in [5.41, 5.74) is 0.788. The van der Waals surface area contributed by atoms with E-state index < -0.39 is 0 Å². The van der Waals surface area contributed by atoms with Crippen LogP contribution >= 0.6 is 11.8 Å². The summed E-state index contributed by atoms with van der Waals surface area (Å²) in [5.74, 6) is 0. The largest absolute Gasteiger partial charge is 0.385 e. The first-order valence-electron chi connectivity index (χ1n) is 5.80. The molecule has 0 amide bonds. The van der Waals surface area contributed by atoms with Crippen molar-refractivity contribution in [2.24, 2.45) is 0 Å². The Morgan fingerprint density at radius 3 is 2.89 bits per heavy atom. The average Bonchev–Trinajstić information content (AvgIpc) is 2.41. The van der Waals surface area contributed by atoms with Crippen molar-refractivity contribution >= 4 is 22.7 Å². The number of hydrogen-bond donors (Lipinski definition) is 0. The highest BCUT2D eigenvalue weighted by molar-refractivity contribution is 7.98. The molecule has 5 heteroatoms. The van der Waals surface area contributed by atoms with E-state index in [0.29, 0.717) is 18.5 Å². The van der Waals surface area contributed by atoms with Gasteiger partial charge in [-0.05, 0) is 24.8 Å². The molecule has 1 heterocycles. The Labute approximate surface area is 110 Å². The van der Waals surface area contributed by atoms with Crippen molar-refractivity contribution < 1.29 is 4.74 Å². The third-order valence-electron chi connectivity index (χ3n) is 2.74. The van der Waals surface area contributed by atoms with Gasteiger partial charge in [-0.1, -0.05) is 23.9 Å². The molecule has 0 aliphatic heterocycles. The molecule has 96 valence electrons. The van der Waals surface area contributed by atoms with Crippen LogP contribution in [0, 0.1) is 0 Å². The maximum absolute atomic E-state index is 12.4. The lowest BCUT2D eigenvalue weighted by Gasteiger charge is -2.11. The molecule has 0 aliphatic rings. The summed E-state index contributed by atoms with van der Waals surface area (Å²) >= 11 is 1.49. The third kappa shape index (κ3) is 2.57. The van der Waals surface area contributed by atoms with Gasteiger partial charge in [0.15, 0.2) is 5.16 Å². The Kier molecular flexibility index (Phi) is 4.38. The van der Waals surface area contributed by atoms with Crippen LogP contribution in [0.3, 0.4) is 0 Å². The van der Waals surface area contributed by atoms with Crippen LogP contribution in [0.5, 0.6) is 0 Å². The first kappa shape index (κ1) is 13.1. The molecule has 0 fully saturated rings. The summed E-state index contributed by atoms with van der Waals surface area (Å²) in [7, 11) is 1.66. The second kappa shape index (κ2) is 6.02. The van der Waals surface area contributed by atoms with Gasteiger partial charge in [0.05, 0.1) is 10.9 Å². The van der Waals surface area contributed by atoms with Crippen LogP contribution in [0.1, 0.15) is 6.42 Å². The zero-order valence-corrected chi connectivity index (χ0v) is 11.4. The molecule has 4 nitrogen and oxygen atoms in total. The Morgan fingerprint density at radius 1 is 1.39 bits per heavy atom. The van der Waals surface area contributed by atoms with Crippen molar-refractivity contribution in [1.82, 2.24) is 9.55 Å². The van der Waals surface area contributed by atoms with E-state index in [0.717, 1.165) is 17.1 Å². The fourth-order valence-electron chi connectivity index (χ4n) is 1.87. The minimum Gasteiger partial charge on any atom is -0.385 e. The molecule has 0 bridgehead atoms. The van der Waals surface area contributed by atoms with Crippen molar-refractivity contribution in [3.63, 3.8) is 0 Å². The standard InChI is InChI=1S/C13H16N2O2S/c1-17-9-5-8-15-12(16)10-6-3-4-7-11(10)14-13(15)18-2/h3-4,6-7H,5,8-9H2,1-2H3. The van der Waals surface area contributed by atoms with Crippen LogP contribution in [0.15, 0.2) is 34.2 Å². The Bertz CT molecular complexity index is 595. The zero-order chi connectivity index (χ0) is 13.0. The van der Waals surface area contributed by atoms with Crippen molar-refractivity contribution in [3.05, 3.63) is 34.6 Å². The second-order valence-corrected chi connectivity index (χ2v) is 4.69. The highest BCUT2D eigenvalue weighted by atomic mass is 32.2. The minimum atomic E-state index is 0.0288. The molecule has 0 aliphatic carbocycles. The number of para-hydroxylation sites is 1. The molecule has 2 rings (SSSR count). The average molecular weight is 264 g/mol. The number of benzene rings is 1. The molecular weight excluding hydrogens is 248 g/mol. The van der Waals surface area contributed by atoms with Gasteiger partial charge in [-0.25, -0.2) is 4.98 Å². The molecule has 1 aromatic heterocycles. The minimum absolute atomic E-state index is 0.0288. The van der Waals surface area contributed by atoms with E-state index in [4.69, 9.17) is 4.74 Å². The lowest BCUT2D eigenvalue weighted by Crippen LogP contribution is -2.23. The van der Waals surface area contributed by atoms with E-state index in [1.807, 2.05) is 30.5 Å². The summed E-state index contributed by atoms with van der Waals surface area (Å²) < 4.78 is 6.75. The molecule has 0 saturated heterocycles. The monoisotopic (exact) mass is 264 g/mol. The Morgan fingerprint density at radius 2 is 2.17 bits per heavy atom. The van der Waals surface area contributed by atoms with Crippen LogP contribution in [-0.2, 0) is 11.3 Å². The quantitative estimate of drug-likeness (QED) is 0.471. The maximum atomic E-state index is 12.4. The zero-order valence-electron chi connectivity index (χ0n) is 10.5. The number of nitrogens with zero attached hydrogens (tertiary/aromatic N) is 2. The number of fused-ring (bicyclic) bond motifs is 1. The highest BCUT2D eigenvalue weighted by Gasteiger charge is 2.09. The molecule has 18 heavy (non-hydrogen) atoms. The smallest absolute Gasteiger partial charge is 0.262 e. The van der Waals surface area contributed by atoms with E-state index in [2.05, 4.69) is 4.98 Å². The highest BCUT2D eigenvalue weighted by Crippen LogP contribution is 2.15. The van der Waals surface area contributed by atoms with Gasteiger partial charge in [-0.15, -0.1) is 0 Å². The van der Waals surface area contributed by atoms with Crippen molar-refractivity contribution in [2.45, 2.75) is 18.1 Å². The molecule has 0 radical (unpaired) electrons. The normalized spacial score (nSPS) is 11.0. The van der Waals surface area contributed by atoms with E-state index in [1.54, 1.807) is 11.7 Å². The molecule has 2 aromatic rings. The molecule has 0 saturated carbocycles. The van der Waals surface area contributed by atoms with Crippen molar-refractivity contribution in [3.8, 4) is 0 Å². The van der Waals surface area contributed by atoms with Gasteiger partial charge >= 0.3 is 0 Å². The number of aromatic nitrogens is 2. The number of ether oxygens (including phenoxy) is 1. The summed E-state index contributed by atoms with van der Waals surface area (Å²) in [6, 6.07) is 7.45. The first-order valence-corrected chi connectivity index (χ1v) is 7.03. The van der Waals surface area contributed by atoms with Crippen LogP contribution in [0.4, 0.5) is 0 Å². The molecule has 0 unspecified atom stereocenters. The van der Waals surface area contributed by atoms with E-state index in [-0.39, 0.29) is 5.56 Å². The molecular formula is C13H16N2O2S. The van der Waals surface area contributed by atoms with Crippen LogP contribution in [-0.4, -0.2) is 29.5 Å². The van der Waals surface area contributed by atoms with Crippen LogP contribution < -0.4 is 5.56 Å². The van der Waals surface area contributed by atoms with Gasteiger partial charge in [0.2, 0.25) is 0 Å². The number of thioether (sulfide) groups is 1. The number of methoxy groups -OCH3 is 1. The summed E-state index contributed by atoms with van der Waals surface area (Å²) in [4.78, 5) is 16.9. The molecule has 0 spiro atoms. The number of rotatable bonds is 5. The van der Waals surface area contributed by atoms with Crippen LogP contribution in [0.2, 0.25) is 0 Å². The van der Waals surface area contributed by atoms with Gasteiger partial charge < -0.3 is 4.74 Å². The SMILES string of the molecule is COCCCn1c(SC)nc2ccccc2c1=O. The Hall–Kier alpha value is -1.33. The maximum Gasteiger partial charge on any atom is 0.262 e. The molecule has 1 aromatic carbocycles. The fourth-order valence-corrected chi connectivity index (χ4v) is 2.45. The van der Waals surface area contributed by atoms with E-state index >= 15 is 0 Å². The molecule has 0 atom stereocenters. The second-order valence-electron chi connectivity index (χ2n) is 3.92. The topological polar surface area (TPSA) is 44.1 Å². The lowest BCUT2D eigenvalue weighted by atomic mass is 10.2. The summed E-state index contributed by atoms with van der Waals surface area (Å²) in [6.07, 6.45) is 2.74. The van der Waals surface area contributed by atoms with Gasteiger partial charge in [0.1, 0.15) is 0 Å². The molecule has 0 N–H and O–H groups in total.